The van der Waals surface area contributed by atoms with Crippen molar-refractivity contribution in [2.24, 2.45) is 0 Å². The summed E-state index contributed by atoms with van der Waals surface area (Å²) in [7, 11) is 4.68. The van der Waals surface area contributed by atoms with Gasteiger partial charge in [0.2, 0.25) is 11.7 Å². The molecule has 0 aliphatic carbocycles. The second kappa shape index (κ2) is 8.06. The maximum Gasteiger partial charge on any atom is 0.246 e. The van der Waals surface area contributed by atoms with Gasteiger partial charge in [0.15, 0.2) is 11.5 Å². The summed E-state index contributed by atoms with van der Waals surface area (Å²) in [5, 5.41) is 0. The molecular weight excluding hydrogens is 310 g/mol. The molecule has 1 aliphatic rings. The van der Waals surface area contributed by atoms with Crippen molar-refractivity contribution < 1.29 is 23.7 Å². The minimum Gasteiger partial charge on any atom is -0.493 e. The van der Waals surface area contributed by atoms with Gasteiger partial charge >= 0.3 is 0 Å². The Bertz CT molecular complexity index is 578. The molecule has 1 aromatic rings. The smallest absolute Gasteiger partial charge is 0.246 e. The van der Waals surface area contributed by atoms with Crippen molar-refractivity contribution in [2.75, 3.05) is 34.4 Å². The highest BCUT2D eigenvalue weighted by molar-refractivity contribution is 5.92. The molecule has 0 unspecified atom stereocenters. The van der Waals surface area contributed by atoms with Gasteiger partial charge in [0.05, 0.1) is 33.5 Å². The van der Waals surface area contributed by atoms with E-state index in [-0.39, 0.29) is 18.1 Å². The maximum absolute atomic E-state index is 12.4. The van der Waals surface area contributed by atoms with Gasteiger partial charge < -0.3 is 23.8 Å². The number of nitrogens with zero attached hydrogens (tertiary/aromatic N) is 1. The zero-order chi connectivity index (χ0) is 17.7. The van der Waals surface area contributed by atoms with Crippen LogP contribution in [0, 0.1) is 0 Å². The molecule has 2 rings (SSSR count). The fraction of sp³-hybridized carbons (Fsp3) is 0.500. The van der Waals surface area contributed by atoms with Crippen LogP contribution in [0.4, 0.5) is 0 Å². The van der Waals surface area contributed by atoms with E-state index >= 15 is 0 Å². The maximum atomic E-state index is 12.4. The van der Waals surface area contributed by atoms with E-state index in [2.05, 4.69) is 0 Å². The molecule has 1 amide bonds. The molecule has 0 saturated carbocycles. The van der Waals surface area contributed by atoms with Crippen LogP contribution in [0.5, 0.6) is 17.2 Å². The molecule has 1 heterocycles. The van der Waals surface area contributed by atoms with Crippen LogP contribution in [0.25, 0.3) is 6.08 Å². The molecule has 6 heteroatoms. The summed E-state index contributed by atoms with van der Waals surface area (Å²) >= 11 is 0. The molecule has 1 saturated heterocycles. The molecule has 0 radical (unpaired) electrons. The van der Waals surface area contributed by atoms with Crippen LogP contribution < -0.4 is 14.2 Å². The zero-order valence-electron chi connectivity index (χ0n) is 14.9. The average molecular weight is 335 g/mol. The molecule has 0 N–H and O–H groups in total. The number of benzene rings is 1. The molecule has 0 bridgehead atoms. The van der Waals surface area contributed by atoms with E-state index in [4.69, 9.17) is 18.9 Å². The van der Waals surface area contributed by atoms with Crippen molar-refractivity contribution in [2.45, 2.75) is 26.1 Å². The summed E-state index contributed by atoms with van der Waals surface area (Å²) in [6, 6.07) is 3.60. The third-order valence-corrected chi connectivity index (χ3v) is 3.84. The van der Waals surface area contributed by atoms with E-state index in [0.717, 1.165) is 5.56 Å². The lowest BCUT2D eigenvalue weighted by molar-refractivity contribution is -0.137. The summed E-state index contributed by atoms with van der Waals surface area (Å²) in [5.74, 6) is 1.60. The van der Waals surface area contributed by atoms with E-state index in [1.54, 1.807) is 50.5 Å². The Morgan fingerprint density at radius 3 is 2.08 bits per heavy atom. The Hall–Kier alpha value is -2.21. The van der Waals surface area contributed by atoms with Crippen molar-refractivity contribution >= 4 is 12.0 Å². The lowest BCUT2D eigenvalue weighted by Crippen LogP contribution is -2.47. The first-order valence-corrected chi connectivity index (χ1v) is 7.91. The first-order valence-electron chi connectivity index (χ1n) is 7.91. The van der Waals surface area contributed by atoms with Gasteiger partial charge in [-0.15, -0.1) is 0 Å². The normalized spacial score (nSPS) is 21.0. The van der Waals surface area contributed by atoms with Crippen molar-refractivity contribution in [3.8, 4) is 17.2 Å². The Morgan fingerprint density at radius 1 is 1.08 bits per heavy atom. The van der Waals surface area contributed by atoms with Gasteiger partial charge in [-0.2, -0.15) is 0 Å². The minimum atomic E-state index is -0.0363. The van der Waals surface area contributed by atoms with Gasteiger partial charge in [-0.25, -0.2) is 0 Å². The van der Waals surface area contributed by atoms with E-state index in [1.807, 2.05) is 13.8 Å². The highest BCUT2D eigenvalue weighted by atomic mass is 16.5. The first kappa shape index (κ1) is 18.1. The monoisotopic (exact) mass is 335 g/mol. The van der Waals surface area contributed by atoms with Crippen molar-refractivity contribution in [1.82, 2.24) is 4.90 Å². The van der Waals surface area contributed by atoms with Crippen LogP contribution in [-0.4, -0.2) is 57.4 Å². The molecule has 2 atom stereocenters. The van der Waals surface area contributed by atoms with Gasteiger partial charge in [0, 0.05) is 19.2 Å². The van der Waals surface area contributed by atoms with Crippen LogP contribution in [0.3, 0.4) is 0 Å². The number of methoxy groups -OCH3 is 3. The van der Waals surface area contributed by atoms with Crippen LogP contribution >= 0.6 is 0 Å². The summed E-state index contributed by atoms with van der Waals surface area (Å²) < 4.78 is 21.6. The predicted octanol–water partition coefficient (Wildman–Crippen LogP) is 2.36. The Morgan fingerprint density at radius 2 is 1.62 bits per heavy atom. The van der Waals surface area contributed by atoms with Crippen molar-refractivity contribution in [3.63, 3.8) is 0 Å². The van der Waals surface area contributed by atoms with Crippen molar-refractivity contribution in [3.05, 3.63) is 23.8 Å². The molecule has 0 aromatic heterocycles. The van der Waals surface area contributed by atoms with Gasteiger partial charge in [0.1, 0.15) is 0 Å². The zero-order valence-corrected chi connectivity index (χ0v) is 14.9. The SMILES string of the molecule is COc1cc(/C=C/C(=O)N2C[C@@H](C)O[C@H](C)C2)cc(OC)c1OC. The highest BCUT2D eigenvalue weighted by Gasteiger charge is 2.24. The van der Waals surface area contributed by atoms with E-state index < -0.39 is 0 Å². The lowest BCUT2D eigenvalue weighted by Gasteiger charge is -2.34. The first-order chi connectivity index (χ1) is 11.5. The van der Waals surface area contributed by atoms with E-state index in [0.29, 0.717) is 30.3 Å². The summed E-state index contributed by atoms with van der Waals surface area (Å²) in [5.41, 5.74) is 0.798. The van der Waals surface area contributed by atoms with Crippen LogP contribution in [-0.2, 0) is 9.53 Å². The number of rotatable bonds is 5. The molecule has 1 aliphatic heterocycles. The van der Waals surface area contributed by atoms with Gasteiger partial charge in [-0.3, -0.25) is 4.79 Å². The Labute approximate surface area is 142 Å². The molecule has 132 valence electrons. The number of morpholine rings is 1. The summed E-state index contributed by atoms with van der Waals surface area (Å²) in [4.78, 5) is 14.2. The summed E-state index contributed by atoms with van der Waals surface area (Å²) in [6.07, 6.45) is 3.41. The quantitative estimate of drug-likeness (QED) is 0.773. The number of ether oxygens (including phenoxy) is 4. The van der Waals surface area contributed by atoms with Gasteiger partial charge in [0.25, 0.3) is 0 Å². The third-order valence-electron chi connectivity index (χ3n) is 3.84. The summed E-state index contributed by atoms with van der Waals surface area (Å²) in [6.45, 7) is 5.14. The number of carbonyl (C=O) groups excluding carboxylic acids is 1. The number of hydrogen-bond acceptors (Lipinski definition) is 5. The fourth-order valence-electron chi connectivity index (χ4n) is 2.83. The minimum absolute atomic E-state index is 0.0363. The predicted molar refractivity (Wildman–Crippen MR) is 91.7 cm³/mol. The van der Waals surface area contributed by atoms with Gasteiger partial charge in [-0.05, 0) is 37.6 Å². The Kier molecular flexibility index (Phi) is 6.09. The third kappa shape index (κ3) is 4.20. The van der Waals surface area contributed by atoms with E-state index in [9.17, 15) is 4.79 Å². The standard InChI is InChI=1S/C18H25NO5/c1-12-10-19(11-13(2)24-12)17(20)7-6-14-8-15(21-3)18(23-5)16(9-14)22-4/h6-9,12-13H,10-11H2,1-5H3/b7-6+/t12-,13-/m1/s1. The van der Waals surface area contributed by atoms with Crippen molar-refractivity contribution in [1.29, 1.82) is 0 Å². The van der Waals surface area contributed by atoms with Crippen LogP contribution in [0.1, 0.15) is 19.4 Å². The molecular formula is C18H25NO5. The van der Waals surface area contributed by atoms with Crippen LogP contribution in [0.15, 0.2) is 18.2 Å². The van der Waals surface area contributed by atoms with Gasteiger partial charge in [-0.1, -0.05) is 0 Å². The Balaban J connectivity index is 2.17. The molecule has 1 fully saturated rings. The fourth-order valence-corrected chi connectivity index (χ4v) is 2.83. The highest BCUT2D eigenvalue weighted by Crippen LogP contribution is 2.38. The number of carbonyl (C=O) groups is 1. The molecule has 24 heavy (non-hydrogen) atoms. The second-order valence-corrected chi connectivity index (χ2v) is 5.79. The van der Waals surface area contributed by atoms with Crippen LogP contribution in [0.2, 0.25) is 0 Å². The lowest BCUT2D eigenvalue weighted by atomic mass is 10.1. The number of hydrogen-bond donors (Lipinski definition) is 0. The second-order valence-electron chi connectivity index (χ2n) is 5.79. The average Bonchev–Trinajstić information content (AvgIpc) is 2.57. The molecule has 6 nitrogen and oxygen atoms in total. The molecule has 0 spiro atoms. The number of amides is 1. The molecule has 1 aromatic carbocycles. The topological polar surface area (TPSA) is 57.2 Å². The van der Waals surface area contributed by atoms with E-state index in [1.165, 1.54) is 0 Å². The largest absolute Gasteiger partial charge is 0.493 e.